The summed E-state index contributed by atoms with van der Waals surface area (Å²) in [5.41, 5.74) is 0.895. The molecule has 1 amide bonds. The van der Waals surface area contributed by atoms with Crippen LogP contribution in [0.1, 0.15) is 34.6 Å². The molecule has 0 aliphatic heterocycles. The van der Waals surface area contributed by atoms with Gasteiger partial charge in [-0.1, -0.05) is 4.98 Å². The topological polar surface area (TPSA) is 157 Å². The second-order valence-corrected chi connectivity index (χ2v) is 7.50. The summed E-state index contributed by atoms with van der Waals surface area (Å²) in [4.78, 5) is 54.6. The molecule has 12 heteroatoms. The molecule has 0 aliphatic carbocycles. The summed E-state index contributed by atoms with van der Waals surface area (Å²) in [6, 6.07) is 0. The number of rotatable bonds is 13. The van der Waals surface area contributed by atoms with Crippen molar-refractivity contribution in [1.29, 1.82) is 0 Å². The van der Waals surface area contributed by atoms with E-state index in [1.54, 1.807) is 27.7 Å². The SMILES string of the molecule is CC(=O)C(C)(C)NCCONC(C)(C)C(=O)CNC(=O)Cn1ccnc1[N+](=O)[O-]. The van der Waals surface area contributed by atoms with Crippen LogP contribution in [-0.4, -0.2) is 62.7 Å². The Balaban J connectivity index is 2.38. The smallest absolute Gasteiger partial charge is 0.390 e. The molecule has 1 aromatic heterocycles. The van der Waals surface area contributed by atoms with E-state index >= 15 is 0 Å². The van der Waals surface area contributed by atoms with Crippen molar-refractivity contribution in [3.8, 4) is 0 Å². The molecule has 0 fully saturated rings. The van der Waals surface area contributed by atoms with Crippen LogP contribution in [0.4, 0.5) is 5.95 Å². The minimum Gasteiger partial charge on any atom is -0.390 e. The van der Waals surface area contributed by atoms with Gasteiger partial charge in [0, 0.05) is 6.54 Å². The van der Waals surface area contributed by atoms with Gasteiger partial charge in [0.25, 0.3) is 5.91 Å². The molecule has 3 N–H and O–H groups in total. The second kappa shape index (κ2) is 10.2. The zero-order valence-corrected chi connectivity index (χ0v) is 17.3. The predicted octanol–water partition coefficient (Wildman–Crippen LogP) is -0.266. The maximum atomic E-state index is 12.3. The third-order valence-corrected chi connectivity index (χ3v) is 4.29. The van der Waals surface area contributed by atoms with E-state index in [9.17, 15) is 24.5 Å². The van der Waals surface area contributed by atoms with Crippen molar-refractivity contribution in [2.75, 3.05) is 19.7 Å². The van der Waals surface area contributed by atoms with Crippen LogP contribution >= 0.6 is 0 Å². The Morgan fingerprint density at radius 2 is 1.90 bits per heavy atom. The van der Waals surface area contributed by atoms with Gasteiger partial charge in [-0.15, -0.1) is 0 Å². The first kappa shape index (κ1) is 24.3. The summed E-state index contributed by atoms with van der Waals surface area (Å²) in [5, 5.41) is 16.2. The first-order valence-electron chi connectivity index (χ1n) is 8.97. The summed E-state index contributed by atoms with van der Waals surface area (Å²) in [6.07, 6.45) is 2.52. The summed E-state index contributed by atoms with van der Waals surface area (Å²) in [5.74, 6) is -1.36. The highest BCUT2D eigenvalue weighted by atomic mass is 16.6. The average molecular weight is 412 g/mol. The highest BCUT2D eigenvalue weighted by Gasteiger charge is 2.28. The summed E-state index contributed by atoms with van der Waals surface area (Å²) < 4.78 is 1.07. The van der Waals surface area contributed by atoms with E-state index in [1.807, 2.05) is 0 Å². The van der Waals surface area contributed by atoms with Gasteiger partial charge >= 0.3 is 5.95 Å². The van der Waals surface area contributed by atoms with Gasteiger partial charge in [-0.3, -0.25) is 19.2 Å². The van der Waals surface area contributed by atoms with Crippen LogP contribution in [0.5, 0.6) is 0 Å². The van der Waals surface area contributed by atoms with Crippen molar-refractivity contribution in [2.45, 2.75) is 52.2 Å². The van der Waals surface area contributed by atoms with Crippen molar-refractivity contribution in [2.24, 2.45) is 0 Å². The van der Waals surface area contributed by atoms with Crippen molar-refractivity contribution >= 4 is 23.4 Å². The molecule has 0 saturated carbocycles. The van der Waals surface area contributed by atoms with Gasteiger partial charge in [0.05, 0.1) is 24.2 Å². The molecule has 12 nitrogen and oxygen atoms in total. The minimum absolute atomic E-state index is 0.00210. The molecule has 0 saturated heterocycles. The molecular formula is C17H28N6O6. The van der Waals surface area contributed by atoms with Gasteiger partial charge in [0.2, 0.25) is 0 Å². The van der Waals surface area contributed by atoms with Crippen LogP contribution < -0.4 is 16.1 Å². The zero-order chi connectivity index (χ0) is 22.2. The minimum atomic E-state index is -1.08. The van der Waals surface area contributed by atoms with Gasteiger partial charge in [0.15, 0.2) is 12.3 Å². The van der Waals surface area contributed by atoms with Crippen LogP contribution in [0.2, 0.25) is 0 Å². The Morgan fingerprint density at radius 1 is 1.24 bits per heavy atom. The predicted molar refractivity (Wildman–Crippen MR) is 103 cm³/mol. The fourth-order valence-electron chi connectivity index (χ4n) is 2.03. The number of ketones is 2. The third kappa shape index (κ3) is 7.68. The van der Waals surface area contributed by atoms with E-state index in [0.29, 0.717) is 6.54 Å². The molecule has 1 heterocycles. The number of hydroxylamine groups is 1. The Bertz CT molecular complexity index is 757. The number of hydrogen-bond acceptors (Lipinski definition) is 9. The van der Waals surface area contributed by atoms with Crippen molar-refractivity contribution in [3.63, 3.8) is 0 Å². The number of aromatic nitrogens is 2. The van der Waals surface area contributed by atoms with E-state index in [1.165, 1.54) is 19.3 Å². The lowest BCUT2D eigenvalue weighted by Crippen LogP contribution is -2.52. The number of imidazole rings is 1. The number of carbonyl (C=O) groups is 3. The molecule has 29 heavy (non-hydrogen) atoms. The zero-order valence-electron chi connectivity index (χ0n) is 17.3. The monoisotopic (exact) mass is 412 g/mol. The number of amides is 1. The Labute approximate surface area is 168 Å². The van der Waals surface area contributed by atoms with Gasteiger partial charge in [-0.25, -0.2) is 4.57 Å². The Morgan fingerprint density at radius 3 is 2.48 bits per heavy atom. The fourth-order valence-corrected chi connectivity index (χ4v) is 2.03. The largest absolute Gasteiger partial charge is 0.435 e. The van der Waals surface area contributed by atoms with Gasteiger partial charge in [0.1, 0.15) is 18.2 Å². The fraction of sp³-hybridized carbons (Fsp3) is 0.647. The third-order valence-electron chi connectivity index (χ3n) is 4.29. The summed E-state index contributed by atoms with van der Waals surface area (Å²) in [6.45, 7) is 8.20. The highest BCUT2D eigenvalue weighted by Crippen LogP contribution is 2.07. The van der Waals surface area contributed by atoms with Crippen LogP contribution in [-0.2, 0) is 25.8 Å². The van der Waals surface area contributed by atoms with E-state index in [0.717, 1.165) is 4.57 Å². The van der Waals surface area contributed by atoms with E-state index < -0.39 is 27.9 Å². The van der Waals surface area contributed by atoms with E-state index in [4.69, 9.17) is 4.84 Å². The number of nitro groups is 1. The number of carbonyl (C=O) groups excluding carboxylic acids is 3. The summed E-state index contributed by atoms with van der Waals surface area (Å²) >= 11 is 0. The molecule has 0 aliphatic rings. The lowest BCUT2D eigenvalue weighted by molar-refractivity contribution is -0.396. The van der Waals surface area contributed by atoms with E-state index in [-0.39, 0.29) is 31.3 Å². The average Bonchev–Trinajstić information content (AvgIpc) is 3.07. The molecule has 0 atom stereocenters. The van der Waals surface area contributed by atoms with Crippen molar-refractivity contribution < 1.29 is 24.1 Å². The maximum absolute atomic E-state index is 12.3. The summed E-state index contributed by atoms with van der Waals surface area (Å²) in [7, 11) is 0. The number of hydrogen-bond donors (Lipinski definition) is 3. The molecule has 0 spiro atoms. The number of nitrogens with one attached hydrogen (secondary N) is 3. The molecule has 162 valence electrons. The molecule has 0 unspecified atom stereocenters. The highest BCUT2D eigenvalue weighted by molar-refractivity contribution is 5.92. The van der Waals surface area contributed by atoms with Crippen LogP contribution in [0.25, 0.3) is 0 Å². The first-order valence-corrected chi connectivity index (χ1v) is 8.97. The van der Waals surface area contributed by atoms with Crippen molar-refractivity contribution in [3.05, 3.63) is 22.5 Å². The van der Waals surface area contributed by atoms with Gasteiger partial charge in [-0.2, -0.15) is 5.48 Å². The second-order valence-electron chi connectivity index (χ2n) is 7.50. The van der Waals surface area contributed by atoms with Crippen LogP contribution in [0.3, 0.4) is 0 Å². The van der Waals surface area contributed by atoms with Gasteiger partial charge in [-0.05, 0) is 39.5 Å². The lowest BCUT2D eigenvalue weighted by atomic mass is 10.0. The normalized spacial score (nSPS) is 11.9. The lowest BCUT2D eigenvalue weighted by Gasteiger charge is -2.26. The number of nitrogens with zero attached hydrogens (tertiary/aromatic N) is 3. The van der Waals surface area contributed by atoms with Gasteiger partial charge < -0.3 is 20.7 Å². The van der Waals surface area contributed by atoms with Crippen LogP contribution in [0.15, 0.2) is 12.4 Å². The van der Waals surface area contributed by atoms with Crippen molar-refractivity contribution in [1.82, 2.24) is 25.7 Å². The van der Waals surface area contributed by atoms with E-state index in [2.05, 4.69) is 21.1 Å². The molecule has 0 radical (unpaired) electrons. The number of Topliss-reactive ketones (excluding diaryl/α,β-unsaturated/α-hetero) is 2. The maximum Gasteiger partial charge on any atom is 0.435 e. The standard InChI is InChI=1S/C17H28N6O6/c1-12(24)16(2,3)20-7-9-29-21-17(4,5)13(25)10-19-14(26)11-22-8-6-18-15(22)23(27)28/h6,8,20-21H,7,9-11H2,1-5H3,(H,19,26). The van der Waals surface area contributed by atoms with Crippen LogP contribution in [0, 0.1) is 10.1 Å². The first-order chi connectivity index (χ1) is 13.4. The quantitative estimate of drug-likeness (QED) is 0.225. The molecular weight excluding hydrogens is 384 g/mol. The molecule has 0 bridgehead atoms. The molecule has 1 rings (SSSR count). The molecule has 0 aromatic carbocycles. The Hall–Kier alpha value is -2.70. The molecule has 1 aromatic rings. The Kier molecular flexibility index (Phi) is 8.55.